The maximum absolute atomic E-state index is 13.3. The highest BCUT2D eigenvalue weighted by molar-refractivity contribution is 5.94. The third kappa shape index (κ3) is 3.63. The smallest absolute Gasteiger partial charge is 0.322 e. The van der Waals surface area contributed by atoms with E-state index in [0.29, 0.717) is 17.2 Å². The maximum Gasteiger partial charge on any atom is 0.322 e. The predicted octanol–water partition coefficient (Wildman–Crippen LogP) is 2.87. The third-order valence-corrected chi connectivity index (χ3v) is 4.79. The van der Waals surface area contributed by atoms with Gasteiger partial charge in [-0.25, -0.2) is 9.18 Å². The molecule has 2 N–H and O–H groups in total. The van der Waals surface area contributed by atoms with Crippen LogP contribution in [0, 0.1) is 11.7 Å². The van der Waals surface area contributed by atoms with E-state index in [0.717, 1.165) is 12.8 Å². The number of urea groups is 1. The van der Waals surface area contributed by atoms with Crippen molar-refractivity contribution in [3.63, 3.8) is 0 Å². The lowest BCUT2D eigenvalue weighted by Gasteiger charge is -2.29. The van der Waals surface area contributed by atoms with E-state index in [1.165, 1.54) is 29.9 Å². The summed E-state index contributed by atoms with van der Waals surface area (Å²) in [6.45, 7) is 2.25. The molecule has 0 unspecified atom stereocenters. The fourth-order valence-corrected chi connectivity index (χ4v) is 3.46. The van der Waals surface area contributed by atoms with Crippen LogP contribution in [-0.2, 0) is 11.3 Å². The second-order valence-corrected chi connectivity index (χ2v) is 6.49. The molecule has 1 fully saturated rings. The Morgan fingerprint density at radius 1 is 1.43 bits per heavy atom. The molecule has 5 nitrogen and oxygen atoms in total. The minimum Gasteiger partial charge on any atom is -0.352 e. The van der Waals surface area contributed by atoms with Gasteiger partial charge in [-0.15, -0.1) is 0 Å². The highest BCUT2D eigenvalue weighted by Gasteiger charge is 2.27. The molecule has 124 valence electrons. The van der Waals surface area contributed by atoms with Crippen molar-refractivity contribution in [3.05, 3.63) is 29.6 Å². The van der Waals surface area contributed by atoms with E-state index < -0.39 is 0 Å². The molecule has 0 bridgehead atoms. The zero-order chi connectivity index (χ0) is 16.4. The monoisotopic (exact) mass is 319 g/mol. The molecule has 1 aliphatic heterocycles. The summed E-state index contributed by atoms with van der Waals surface area (Å²) in [6.07, 6.45) is 4.75. The fourth-order valence-electron chi connectivity index (χ4n) is 3.46. The number of fused-ring (bicyclic) bond motifs is 1. The van der Waals surface area contributed by atoms with Gasteiger partial charge >= 0.3 is 6.03 Å². The van der Waals surface area contributed by atoms with E-state index in [4.69, 9.17) is 0 Å². The van der Waals surface area contributed by atoms with Crippen LogP contribution in [0.25, 0.3) is 0 Å². The highest BCUT2D eigenvalue weighted by atomic mass is 19.1. The number of nitrogens with zero attached hydrogens (tertiary/aromatic N) is 1. The van der Waals surface area contributed by atoms with Gasteiger partial charge in [-0.2, -0.15) is 0 Å². The Balaban J connectivity index is 1.59. The first kappa shape index (κ1) is 15.8. The molecule has 0 spiro atoms. The number of nitrogens with one attached hydrogen (secondary N) is 2. The SMILES string of the molecule is C[C@@H](NC(=O)CN1Cc2cc(F)ccc2NC1=O)C1CCCC1. The molecule has 0 aromatic heterocycles. The van der Waals surface area contributed by atoms with Gasteiger partial charge < -0.3 is 15.5 Å². The number of halogens is 1. The Hall–Kier alpha value is -2.11. The third-order valence-electron chi connectivity index (χ3n) is 4.79. The lowest BCUT2D eigenvalue weighted by atomic mass is 10.00. The molecule has 3 amide bonds. The van der Waals surface area contributed by atoms with Gasteiger partial charge in [0.15, 0.2) is 0 Å². The summed E-state index contributed by atoms with van der Waals surface area (Å²) in [5.41, 5.74) is 1.29. The molecule has 2 aliphatic rings. The molecule has 1 aromatic carbocycles. The van der Waals surface area contributed by atoms with Crippen LogP contribution in [0.1, 0.15) is 38.2 Å². The van der Waals surface area contributed by atoms with Crippen molar-refractivity contribution in [1.82, 2.24) is 10.2 Å². The van der Waals surface area contributed by atoms with Crippen LogP contribution >= 0.6 is 0 Å². The average molecular weight is 319 g/mol. The molecule has 1 atom stereocenters. The summed E-state index contributed by atoms with van der Waals surface area (Å²) in [6, 6.07) is 4.05. The molecular weight excluding hydrogens is 297 g/mol. The summed E-state index contributed by atoms with van der Waals surface area (Å²) < 4.78 is 13.3. The first-order valence-electron chi connectivity index (χ1n) is 8.16. The average Bonchev–Trinajstić information content (AvgIpc) is 3.03. The molecule has 1 heterocycles. The quantitative estimate of drug-likeness (QED) is 0.896. The van der Waals surface area contributed by atoms with Crippen LogP contribution < -0.4 is 10.6 Å². The Labute approximate surface area is 135 Å². The van der Waals surface area contributed by atoms with E-state index in [1.54, 1.807) is 6.07 Å². The summed E-state index contributed by atoms with van der Waals surface area (Å²) >= 11 is 0. The van der Waals surface area contributed by atoms with Crippen LogP contribution in [0.15, 0.2) is 18.2 Å². The largest absolute Gasteiger partial charge is 0.352 e. The number of amides is 3. The molecule has 0 radical (unpaired) electrons. The molecule has 1 saturated carbocycles. The molecule has 0 saturated heterocycles. The Morgan fingerprint density at radius 3 is 2.91 bits per heavy atom. The van der Waals surface area contributed by atoms with Gasteiger partial charge in [0.25, 0.3) is 0 Å². The number of rotatable bonds is 4. The topological polar surface area (TPSA) is 61.4 Å². The highest BCUT2D eigenvalue weighted by Crippen LogP contribution is 2.27. The minimum absolute atomic E-state index is 0.0150. The predicted molar refractivity (Wildman–Crippen MR) is 85.4 cm³/mol. The van der Waals surface area contributed by atoms with Crippen LogP contribution in [0.3, 0.4) is 0 Å². The van der Waals surface area contributed by atoms with Crippen molar-refractivity contribution < 1.29 is 14.0 Å². The lowest BCUT2D eigenvalue weighted by Crippen LogP contribution is -2.47. The number of hydrogen-bond acceptors (Lipinski definition) is 2. The second kappa shape index (κ2) is 6.56. The summed E-state index contributed by atoms with van der Waals surface area (Å²) in [4.78, 5) is 25.7. The van der Waals surface area contributed by atoms with Gasteiger partial charge in [0.05, 0.1) is 6.54 Å². The summed E-state index contributed by atoms with van der Waals surface area (Å²) in [5.74, 6) is 0.0162. The van der Waals surface area contributed by atoms with Crippen molar-refractivity contribution in [1.29, 1.82) is 0 Å². The van der Waals surface area contributed by atoms with E-state index in [1.807, 2.05) is 6.92 Å². The molecule has 3 rings (SSSR count). The molecule has 1 aromatic rings. The number of carbonyl (C=O) groups excluding carboxylic acids is 2. The van der Waals surface area contributed by atoms with Gasteiger partial charge in [-0.3, -0.25) is 4.79 Å². The molecule has 23 heavy (non-hydrogen) atoms. The van der Waals surface area contributed by atoms with E-state index >= 15 is 0 Å². The van der Waals surface area contributed by atoms with E-state index in [9.17, 15) is 14.0 Å². The molecular formula is C17H22FN3O2. The van der Waals surface area contributed by atoms with Crippen LogP contribution in [0.2, 0.25) is 0 Å². The van der Waals surface area contributed by atoms with Gasteiger partial charge in [0, 0.05) is 11.7 Å². The number of carbonyl (C=O) groups is 2. The van der Waals surface area contributed by atoms with Crippen LogP contribution in [0.5, 0.6) is 0 Å². The lowest BCUT2D eigenvalue weighted by molar-refractivity contribution is -0.122. The number of hydrogen-bond donors (Lipinski definition) is 2. The van der Waals surface area contributed by atoms with Crippen molar-refractivity contribution in [3.8, 4) is 0 Å². The Bertz CT molecular complexity index is 614. The van der Waals surface area contributed by atoms with E-state index in [-0.39, 0.29) is 36.9 Å². The van der Waals surface area contributed by atoms with Gasteiger partial charge in [0.2, 0.25) is 5.91 Å². The summed E-state index contributed by atoms with van der Waals surface area (Å²) in [7, 11) is 0. The Morgan fingerprint density at radius 2 is 2.17 bits per heavy atom. The molecule has 1 aliphatic carbocycles. The number of benzene rings is 1. The van der Waals surface area contributed by atoms with Crippen molar-refractivity contribution >= 4 is 17.6 Å². The molecule has 6 heteroatoms. The van der Waals surface area contributed by atoms with Crippen molar-refractivity contribution in [2.24, 2.45) is 5.92 Å². The second-order valence-electron chi connectivity index (χ2n) is 6.49. The fraction of sp³-hybridized carbons (Fsp3) is 0.529. The van der Waals surface area contributed by atoms with Crippen LogP contribution in [0.4, 0.5) is 14.9 Å². The normalized spacial score (nSPS) is 19.2. The van der Waals surface area contributed by atoms with Crippen molar-refractivity contribution in [2.75, 3.05) is 11.9 Å². The van der Waals surface area contributed by atoms with Gasteiger partial charge in [0.1, 0.15) is 12.4 Å². The van der Waals surface area contributed by atoms with Crippen molar-refractivity contribution in [2.45, 2.75) is 45.2 Å². The minimum atomic E-state index is -0.348. The zero-order valence-corrected chi connectivity index (χ0v) is 13.3. The van der Waals surface area contributed by atoms with Crippen LogP contribution in [-0.4, -0.2) is 29.4 Å². The van der Waals surface area contributed by atoms with Gasteiger partial charge in [-0.05, 0) is 49.4 Å². The standard InChI is InChI=1S/C17H22FN3O2/c1-11(12-4-2-3-5-12)19-16(22)10-21-9-13-8-14(18)6-7-15(13)20-17(21)23/h6-8,11-12H,2-5,9-10H2,1H3,(H,19,22)(H,20,23)/t11-/m1/s1. The van der Waals surface area contributed by atoms with E-state index in [2.05, 4.69) is 10.6 Å². The Kier molecular flexibility index (Phi) is 4.50. The first-order valence-corrected chi connectivity index (χ1v) is 8.16. The first-order chi connectivity index (χ1) is 11.0. The maximum atomic E-state index is 13.3. The van der Waals surface area contributed by atoms with Gasteiger partial charge in [-0.1, -0.05) is 12.8 Å². The zero-order valence-electron chi connectivity index (χ0n) is 13.3. The number of anilines is 1. The summed E-state index contributed by atoms with van der Waals surface area (Å²) in [5, 5.41) is 5.68.